The first-order chi connectivity index (χ1) is 9.13. The number of pyridine rings is 1. The van der Waals surface area contributed by atoms with E-state index < -0.39 is 0 Å². The minimum Gasteiger partial charge on any atom is -0.481 e. The lowest BCUT2D eigenvalue weighted by Gasteiger charge is -2.09. The van der Waals surface area contributed by atoms with Crippen LogP contribution in [0.1, 0.15) is 17.0 Å². The van der Waals surface area contributed by atoms with Crippen molar-refractivity contribution >= 4 is 15.9 Å². The normalized spacial score (nSPS) is 10.7. The molecule has 0 unspecified atom stereocenters. The maximum absolute atomic E-state index is 5.22. The Hall–Kier alpha value is -1.40. The van der Waals surface area contributed by atoms with Crippen LogP contribution in [0.4, 0.5) is 0 Å². The Labute approximate surface area is 121 Å². The second kappa shape index (κ2) is 6.16. The second-order valence-electron chi connectivity index (χ2n) is 4.25. The van der Waals surface area contributed by atoms with Gasteiger partial charge in [0.1, 0.15) is 0 Å². The number of halogens is 1. The van der Waals surface area contributed by atoms with E-state index in [1.54, 1.807) is 13.3 Å². The van der Waals surface area contributed by atoms with Gasteiger partial charge in [-0.1, -0.05) is 6.07 Å². The second-order valence-corrected chi connectivity index (χ2v) is 5.04. The van der Waals surface area contributed by atoms with Crippen molar-refractivity contribution in [1.82, 2.24) is 20.1 Å². The standard InChI is InChI=1S/C13H17BrN4O/c1-9-12(14)11(18(2)17-9)8-15-7-10-5-4-6-16-13(10)19-3/h4-6,15H,7-8H2,1-3H3. The summed E-state index contributed by atoms with van der Waals surface area (Å²) in [5.41, 5.74) is 3.17. The van der Waals surface area contributed by atoms with E-state index in [1.165, 1.54) is 0 Å². The van der Waals surface area contributed by atoms with Crippen molar-refractivity contribution in [2.24, 2.45) is 7.05 Å². The molecular weight excluding hydrogens is 308 g/mol. The van der Waals surface area contributed by atoms with E-state index in [0.717, 1.165) is 28.0 Å². The van der Waals surface area contributed by atoms with Gasteiger partial charge in [0.25, 0.3) is 0 Å². The van der Waals surface area contributed by atoms with E-state index in [4.69, 9.17) is 4.74 Å². The first-order valence-electron chi connectivity index (χ1n) is 6.00. The van der Waals surface area contributed by atoms with Crippen LogP contribution in [0.5, 0.6) is 5.88 Å². The monoisotopic (exact) mass is 324 g/mol. The summed E-state index contributed by atoms with van der Waals surface area (Å²) in [6.45, 7) is 3.42. The van der Waals surface area contributed by atoms with Crippen molar-refractivity contribution < 1.29 is 4.74 Å². The number of nitrogens with one attached hydrogen (secondary N) is 1. The van der Waals surface area contributed by atoms with Crippen LogP contribution < -0.4 is 10.1 Å². The van der Waals surface area contributed by atoms with Crippen molar-refractivity contribution in [2.45, 2.75) is 20.0 Å². The number of rotatable bonds is 5. The molecule has 0 saturated carbocycles. The van der Waals surface area contributed by atoms with Gasteiger partial charge in [-0.05, 0) is 28.9 Å². The Balaban J connectivity index is 2.00. The van der Waals surface area contributed by atoms with Crippen molar-refractivity contribution in [3.63, 3.8) is 0 Å². The summed E-state index contributed by atoms with van der Waals surface area (Å²) in [5, 5.41) is 7.74. The average Bonchev–Trinajstić information content (AvgIpc) is 2.65. The molecule has 0 atom stereocenters. The first kappa shape index (κ1) is 14.0. The van der Waals surface area contributed by atoms with E-state index in [2.05, 4.69) is 31.3 Å². The molecule has 5 nitrogen and oxygen atoms in total. The van der Waals surface area contributed by atoms with Gasteiger partial charge in [-0.3, -0.25) is 4.68 Å². The number of hydrogen-bond donors (Lipinski definition) is 1. The van der Waals surface area contributed by atoms with Gasteiger partial charge in [-0.2, -0.15) is 5.10 Å². The van der Waals surface area contributed by atoms with E-state index in [1.807, 2.05) is 30.8 Å². The molecule has 0 aliphatic rings. The Morgan fingerprint density at radius 3 is 2.84 bits per heavy atom. The Morgan fingerprint density at radius 1 is 1.42 bits per heavy atom. The minimum atomic E-state index is 0.662. The molecule has 0 saturated heterocycles. The summed E-state index contributed by atoms with van der Waals surface area (Å²) < 4.78 is 8.16. The summed E-state index contributed by atoms with van der Waals surface area (Å²) >= 11 is 3.56. The Bertz CT molecular complexity index is 568. The Kier molecular flexibility index (Phi) is 4.55. The molecule has 0 spiro atoms. The van der Waals surface area contributed by atoms with Gasteiger partial charge in [0.15, 0.2) is 0 Å². The SMILES string of the molecule is COc1ncccc1CNCc1c(Br)c(C)nn1C. The minimum absolute atomic E-state index is 0.662. The zero-order chi connectivity index (χ0) is 13.8. The molecule has 0 amide bonds. The predicted octanol–water partition coefficient (Wildman–Crippen LogP) is 2.18. The van der Waals surface area contributed by atoms with Crippen LogP contribution >= 0.6 is 15.9 Å². The highest BCUT2D eigenvalue weighted by Crippen LogP contribution is 2.20. The first-order valence-corrected chi connectivity index (χ1v) is 6.79. The molecule has 102 valence electrons. The van der Waals surface area contributed by atoms with Gasteiger partial charge in [-0.15, -0.1) is 0 Å². The highest BCUT2D eigenvalue weighted by atomic mass is 79.9. The summed E-state index contributed by atoms with van der Waals surface area (Å²) in [7, 11) is 3.58. The van der Waals surface area contributed by atoms with Crippen LogP contribution in [-0.4, -0.2) is 21.9 Å². The lowest BCUT2D eigenvalue weighted by molar-refractivity contribution is 0.390. The van der Waals surface area contributed by atoms with Crippen molar-refractivity contribution in [3.05, 3.63) is 39.8 Å². The van der Waals surface area contributed by atoms with Crippen molar-refractivity contribution in [3.8, 4) is 5.88 Å². The van der Waals surface area contributed by atoms with E-state index in [0.29, 0.717) is 12.4 Å². The van der Waals surface area contributed by atoms with Gasteiger partial charge in [0.2, 0.25) is 5.88 Å². The molecule has 0 aliphatic heterocycles. The molecule has 6 heteroatoms. The van der Waals surface area contributed by atoms with Crippen LogP contribution in [0.3, 0.4) is 0 Å². The van der Waals surface area contributed by atoms with Crippen LogP contribution in [0.15, 0.2) is 22.8 Å². The fourth-order valence-electron chi connectivity index (χ4n) is 1.93. The van der Waals surface area contributed by atoms with Crippen molar-refractivity contribution in [1.29, 1.82) is 0 Å². The molecule has 19 heavy (non-hydrogen) atoms. The third kappa shape index (κ3) is 3.13. The third-order valence-electron chi connectivity index (χ3n) is 2.91. The molecular formula is C13H17BrN4O. The number of nitrogens with zero attached hydrogens (tertiary/aromatic N) is 3. The molecule has 0 radical (unpaired) electrons. The Morgan fingerprint density at radius 2 is 2.21 bits per heavy atom. The highest BCUT2D eigenvalue weighted by molar-refractivity contribution is 9.10. The third-order valence-corrected chi connectivity index (χ3v) is 3.94. The van der Waals surface area contributed by atoms with Gasteiger partial charge in [0.05, 0.1) is 23.0 Å². The molecule has 2 rings (SSSR count). The summed E-state index contributed by atoms with van der Waals surface area (Å²) in [5.74, 6) is 0.662. The van der Waals surface area contributed by atoms with Crippen LogP contribution in [0.25, 0.3) is 0 Å². The van der Waals surface area contributed by atoms with Gasteiger partial charge in [-0.25, -0.2) is 4.98 Å². The van der Waals surface area contributed by atoms with Crippen LogP contribution in [0.2, 0.25) is 0 Å². The molecule has 2 heterocycles. The smallest absolute Gasteiger partial charge is 0.217 e. The lowest BCUT2D eigenvalue weighted by Crippen LogP contribution is -2.16. The molecule has 1 N–H and O–H groups in total. The lowest BCUT2D eigenvalue weighted by atomic mass is 10.2. The number of ether oxygens (including phenoxy) is 1. The maximum Gasteiger partial charge on any atom is 0.217 e. The van der Waals surface area contributed by atoms with Crippen LogP contribution in [-0.2, 0) is 20.1 Å². The van der Waals surface area contributed by atoms with E-state index >= 15 is 0 Å². The fraction of sp³-hybridized carbons (Fsp3) is 0.385. The van der Waals surface area contributed by atoms with Crippen molar-refractivity contribution in [2.75, 3.05) is 7.11 Å². The molecule has 0 aromatic carbocycles. The number of methoxy groups -OCH3 is 1. The quantitative estimate of drug-likeness (QED) is 0.916. The summed E-state index contributed by atoms with van der Waals surface area (Å²) in [6.07, 6.45) is 1.73. The maximum atomic E-state index is 5.22. The number of aromatic nitrogens is 3. The van der Waals surface area contributed by atoms with Gasteiger partial charge in [0, 0.05) is 31.9 Å². The largest absolute Gasteiger partial charge is 0.481 e. The topological polar surface area (TPSA) is 52.0 Å². The zero-order valence-corrected chi connectivity index (χ0v) is 12.9. The molecule has 0 fully saturated rings. The van der Waals surface area contributed by atoms with Gasteiger partial charge < -0.3 is 10.1 Å². The molecule has 2 aromatic rings. The molecule has 0 aliphatic carbocycles. The van der Waals surface area contributed by atoms with E-state index in [-0.39, 0.29) is 0 Å². The average molecular weight is 325 g/mol. The van der Waals surface area contributed by atoms with Gasteiger partial charge >= 0.3 is 0 Å². The van der Waals surface area contributed by atoms with E-state index in [9.17, 15) is 0 Å². The molecule has 2 aromatic heterocycles. The number of aryl methyl sites for hydroxylation is 2. The predicted molar refractivity (Wildman–Crippen MR) is 77.0 cm³/mol. The fourth-order valence-corrected chi connectivity index (χ4v) is 2.41. The summed E-state index contributed by atoms with van der Waals surface area (Å²) in [6, 6.07) is 3.91. The summed E-state index contributed by atoms with van der Waals surface area (Å²) in [4.78, 5) is 4.17. The zero-order valence-electron chi connectivity index (χ0n) is 11.3. The molecule has 0 bridgehead atoms. The number of hydrogen-bond acceptors (Lipinski definition) is 4. The van der Waals surface area contributed by atoms with Crippen LogP contribution in [0, 0.1) is 6.92 Å². The highest BCUT2D eigenvalue weighted by Gasteiger charge is 2.10.